The van der Waals surface area contributed by atoms with E-state index in [1.54, 1.807) is 13.3 Å². The Balaban J connectivity index is 2.00. The minimum Gasteiger partial charge on any atom is -0.495 e. The van der Waals surface area contributed by atoms with Gasteiger partial charge in [-0.25, -0.2) is 9.97 Å². The van der Waals surface area contributed by atoms with Crippen LogP contribution >= 0.6 is 0 Å². The SMILES string of the molecule is COc1ccc(-c2cn3cccnc3n2)cc1NC(=O)C(C)(C)C. The molecule has 0 fully saturated rings. The first-order valence-corrected chi connectivity index (χ1v) is 7.68. The highest BCUT2D eigenvalue weighted by Crippen LogP contribution is 2.31. The van der Waals surface area contributed by atoms with Gasteiger partial charge in [0.1, 0.15) is 5.75 Å². The van der Waals surface area contributed by atoms with E-state index in [4.69, 9.17) is 4.74 Å². The molecule has 24 heavy (non-hydrogen) atoms. The van der Waals surface area contributed by atoms with Crippen molar-refractivity contribution in [2.75, 3.05) is 12.4 Å². The molecule has 0 aliphatic heterocycles. The zero-order valence-electron chi connectivity index (χ0n) is 14.2. The van der Waals surface area contributed by atoms with Gasteiger partial charge in [0.2, 0.25) is 11.7 Å². The summed E-state index contributed by atoms with van der Waals surface area (Å²) in [5, 5.41) is 2.93. The second-order valence-corrected chi connectivity index (χ2v) is 6.57. The van der Waals surface area contributed by atoms with Crippen molar-refractivity contribution >= 4 is 17.4 Å². The number of hydrogen-bond acceptors (Lipinski definition) is 4. The van der Waals surface area contributed by atoms with E-state index in [9.17, 15) is 4.79 Å². The lowest BCUT2D eigenvalue weighted by Crippen LogP contribution is -2.27. The Morgan fingerprint density at radius 1 is 1.29 bits per heavy atom. The quantitative estimate of drug-likeness (QED) is 0.802. The first-order valence-electron chi connectivity index (χ1n) is 7.68. The summed E-state index contributed by atoms with van der Waals surface area (Å²) in [6.07, 6.45) is 5.50. The van der Waals surface area contributed by atoms with Crippen molar-refractivity contribution in [1.82, 2.24) is 14.4 Å². The lowest BCUT2D eigenvalue weighted by atomic mass is 9.95. The van der Waals surface area contributed by atoms with Crippen molar-refractivity contribution < 1.29 is 9.53 Å². The van der Waals surface area contributed by atoms with Gasteiger partial charge in [-0.2, -0.15) is 0 Å². The first kappa shape index (κ1) is 16.0. The van der Waals surface area contributed by atoms with Crippen molar-refractivity contribution in [3.63, 3.8) is 0 Å². The number of methoxy groups -OCH3 is 1. The number of amides is 1. The van der Waals surface area contributed by atoms with Crippen molar-refractivity contribution in [2.24, 2.45) is 5.41 Å². The van der Waals surface area contributed by atoms with E-state index in [0.29, 0.717) is 17.2 Å². The number of rotatable bonds is 3. The Morgan fingerprint density at radius 2 is 2.08 bits per heavy atom. The number of imidazole rings is 1. The zero-order chi connectivity index (χ0) is 17.3. The zero-order valence-corrected chi connectivity index (χ0v) is 14.2. The van der Waals surface area contributed by atoms with E-state index in [1.807, 2.05) is 61.8 Å². The molecule has 0 spiro atoms. The number of benzene rings is 1. The third kappa shape index (κ3) is 3.08. The van der Waals surface area contributed by atoms with Gasteiger partial charge in [0.05, 0.1) is 18.5 Å². The molecule has 0 unspecified atom stereocenters. The summed E-state index contributed by atoms with van der Waals surface area (Å²) in [5.74, 6) is 1.16. The molecule has 1 N–H and O–H groups in total. The van der Waals surface area contributed by atoms with Gasteiger partial charge in [0.25, 0.3) is 0 Å². The fraction of sp³-hybridized carbons (Fsp3) is 0.278. The van der Waals surface area contributed by atoms with Crippen molar-refractivity contribution in [3.05, 3.63) is 42.9 Å². The molecule has 6 heteroatoms. The van der Waals surface area contributed by atoms with Crippen LogP contribution in [0.1, 0.15) is 20.8 Å². The van der Waals surface area contributed by atoms with Crippen LogP contribution in [-0.2, 0) is 4.79 Å². The largest absolute Gasteiger partial charge is 0.495 e. The van der Waals surface area contributed by atoms with Crippen LogP contribution in [0.15, 0.2) is 42.9 Å². The summed E-state index contributed by atoms with van der Waals surface area (Å²) in [4.78, 5) is 21.0. The van der Waals surface area contributed by atoms with Crippen molar-refractivity contribution in [2.45, 2.75) is 20.8 Å². The molecule has 6 nitrogen and oxygen atoms in total. The minimum atomic E-state index is -0.492. The second-order valence-electron chi connectivity index (χ2n) is 6.57. The number of nitrogens with one attached hydrogen (secondary N) is 1. The lowest BCUT2D eigenvalue weighted by Gasteiger charge is -2.19. The molecule has 1 amide bonds. The molecule has 0 atom stereocenters. The number of fused-ring (bicyclic) bond motifs is 1. The molecule has 0 saturated carbocycles. The van der Waals surface area contributed by atoms with E-state index in [1.165, 1.54) is 0 Å². The molecule has 0 bridgehead atoms. The van der Waals surface area contributed by atoms with E-state index in [0.717, 1.165) is 11.3 Å². The fourth-order valence-corrected chi connectivity index (χ4v) is 2.24. The normalized spacial score (nSPS) is 11.5. The molecule has 2 aromatic heterocycles. The summed E-state index contributed by atoms with van der Waals surface area (Å²) in [6, 6.07) is 7.45. The maximum Gasteiger partial charge on any atom is 0.234 e. The van der Waals surface area contributed by atoms with Crippen LogP contribution in [-0.4, -0.2) is 27.4 Å². The maximum absolute atomic E-state index is 12.3. The van der Waals surface area contributed by atoms with E-state index < -0.39 is 5.41 Å². The van der Waals surface area contributed by atoms with Gasteiger partial charge in [0, 0.05) is 29.6 Å². The third-order valence-electron chi connectivity index (χ3n) is 3.66. The number of carbonyl (C=O) groups excluding carboxylic acids is 1. The molecule has 2 heterocycles. The molecule has 0 aliphatic rings. The number of carbonyl (C=O) groups is 1. The Labute approximate surface area is 140 Å². The van der Waals surface area contributed by atoms with E-state index in [2.05, 4.69) is 15.3 Å². The number of ether oxygens (including phenoxy) is 1. The van der Waals surface area contributed by atoms with E-state index >= 15 is 0 Å². The van der Waals surface area contributed by atoms with Gasteiger partial charge in [-0.05, 0) is 24.3 Å². The lowest BCUT2D eigenvalue weighted by molar-refractivity contribution is -0.123. The fourth-order valence-electron chi connectivity index (χ4n) is 2.24. The predicted molar refractivity (Wildman–Crippen MR) is 93.1 cm³/mol. The average molecular weight is 324 g/mol. The van der Waals surface area contributed by atoms with Gasteiger partial charge in [-0.3, -0.25) is 9.20 Å². The van der Waals surface area contributed by atoms with Gasteiger partial charge < -0.3 is 10.1 Å². The van der Waals surface area contributed by atoms with E-state index in [-0.39, 0.29) is 5.91 Å². The molecular formula is C18H20N4O2. The number of anilines is 1. The third-order valence-corrected chi connectivity index (χ3v) is 3.66. The topological polar surface area (TPSA) is 68.5 Å². The highest BCUT2D eigenvalue weighted by atomic mass is 16.5. The first-order chi connectivity index (χ1) is 11.4. The summed E-state index contributed by atoms with van der Waals surface area (Å²) in [5.41, 5.74) is 1.79. The van der Waals surface area contributed by atoms with Crippen LogP contribution in [0.25, 0.3) is 17.0 Å². The molecule has 3 aromatic rings. The van der Waals surface area contributed by atoms with Crippen LogP contribution in [0.4, 0.5) is 5.69 Å². The Hall–Kier alpha value is -2.89. The molecule has 124 valence electrons. The van der Waals surface area contributed by atoms with Gasteiger partial charge >= 0.3 is 0 Å². The monoisotopic (exact) mass is 324 g/mol. The average Bonchev–Trinajstić information content (AvgIpc) is 2.98. The summed E-state index contributed by atoms with van der Waals surface area (Å²) in [7, 11) is 1.58. The molecular weight excluding hydrogens is 304 g/mol. The van der Waals surface area contributed by atoms with Gasteiger partial charge in [-0.15, -0.1) is 0 Å². The molecule has 0 saturated heterocycles. The Kier molecular flexibility index (Phi) is 3.97. The van der Waals surface area contributed by atoms with Crippen LogP contribution in [0.2, 0.25) is 0 Å². The molecule has 3 rings (SSSR count). The number of hydrogen-bond donors (Lipinski definition) is 1. The number of nitrogens with zero attached hydrogens (tertiary/aromatic N) is 3. The van der Waals surface area contributed by atoms with Crippen LogP contribution < -0.4 is 10.1 Å². The molecule has 0 aliphatic carbocycles. The molecule has 1 aromatic carbocycles. The smallest absolute Gasteiger partial charge is 0.234 e. The second kappa shape index (κ2) is 5.96. The van der Waals surface area contributed by atoms with Gasteiger partial charge in [-0.1, -0.05) is 20.8 Å². The van der Waals surface area contributed by atoms with Crippen LogP contribution in [0.5, 0.6) is 5.75 Å². The van der Waals surface area contributed by atoms with Crippen LogP contribution in [0, 0.1) is 5.41 Å². The van der Waals surface area contributed by atoms with Crippen molar-refractivity contribution in [3.8, 4) is 17.0 Å². The highest BCUT2D eigenvalue weighted by molar-refractivity contribution is 5.96. The Bertz CT molecular complexity index is 860. The summed E-state index contributed by atoms with van der Waals surface area (Å²) in [6.45, 7) is 5.60. The van der Waals surface area contributed by atoms with Crippen molar-refractivity contribution in [1.29, 1.82) is 0 Å². The molecule has 0 radical (unpaired) electrons. The van der Waals surface area contributed by atoms with Gasteiger partial charge in [0.15, 0.2) is 0 Å². The number of aromatic nitrogens is 3. The highest BCUT2D eigenvalue weighted by Gasteiger charge is 2.22. The maximum atomic E-state index is 12.3. The summed E-state index contributed by atoms with van der Waals surface area (Å²) >= 11 is 0. The van der Waals surface area contributed by atoms with Crippen LogP contribution in [0.3, 0.4) is 0 Å². The minimum absolute atomic E-state index is 0.0744. The standard InChI is InChI=1S/C18H20N4O2/c1-18(2,3)16(23)20-13-10-12(6-7-15(13)24-4)14-11-22-9-5-8-19-17(22)21-14/h5-11H,1-4H3,(H,20,23). The predicted octanol–water partition coefficient (Wildman–Crippen LogP) is 3.39. The Morgan fingerprint density at radius 3 is 2.75 bits per heavy atom. The summed E-state index contributed by atoms with van der Waals surface area (Å²) < 4.78 is 7.21.